The van der Waals surface area contributed by atoms with Crippen LogP contribution in [0.25, 0.3) is 11.4 Å². The van der Waals surface area contributed by atoms with Crippen LogP contribution >= 0.6 is 0 Å². The minimum absolute atomic E-state index is 0.0591. The number of hydrogen-bond acceptors (Lipinski definition) is 4. The fraction of sp³-hybridized carbons (Fsp3) is 0.370. The Bertz CT molecular complexity index is 1140. The lowest BCUT2D eigenvalue weighted by Gasteiger charge is -2.31. The minimum Gasteiger partial charge on any atom is -0.497 e. The average molecular weight is 446 g/mol. The van der Waals surface area contributed by atoms with Crippen LogP contribution in [-0.4, -0.2) is 34.4 Å². The van der Waals surface area contributed by atoms with E-state index in [2.05, 4.69) is 22.1 Å². The maximum absolute atomic E-state index is 13.3. The van der Waals surface area contributed by atoms with Crippen molar-refractivity contribution >= 4 is 5.91 Å². The number of nitrogens with one attached hydrogen (secondary N) is 1. The summed E-state index contributed by atoms with van der Waals surface area (Å²) in [7, 11) is 1.65. The van der Waals surface area contributed by atoms with Gasteiger partial charge in [-0.3, -0.25) is 9.59 Å². The molecule has 0 unspecified atom stereocenters. The summed E-state index contributed by atoms with van der Waals surface area (Å²) in [6, 6.07) is 17.7. The number of hydrogen-bond donors (Lipinski definition) is 1. The number of carbonyl (C=O) groups is 1. The van der Waals surface area contributed by atoms with Gasteiger partial charge in [0.2, 0.25) is 5.91 Å². The zero-order valence-electron chi connectivity index (χ0n) is 19.3. The highest BCUT2D eigenvalue weighted by atomic mass is 16.5. The Balaban J connectivity index is 1.50. The van der Waals surface area contributed by atoms with Crippen LogP contribution in [0.2, 0.25) is 0 Å². The van der Waals surface area contributed by atoms with Gasteiger partial charge in [0.05, 0.1) is 13.2 Å². The number of nitrogens with zero attached hydrogens (tertiary/aromatic N) is 2. The number of likely N-dealkylation sites (tertiary alicyclic amines) is 1. The molecule has 2 aromatic carbocycles. The normalized spacial score (nSPS) is 16.3. The molecule has 6 nitrogen and oxygen atoms in total. The maximum Gasteiger partial charge on any atom is 0.254 e. The Labute approximate surface area is 194 Å². The molecule has 33 heavy (non-hydrogen) atoms. The van der Waals surface area contributed by atoms with Crippen LogP contribution < -0.4 is 10.3 Å². The molecule has 6 heteroatoms. The second-order valence-corrected chi connectivity index (χ2v) is 8.57. The number of rotatable bonds is 6. The Hall–Kier alpha value is -3.41. The molecule has 2 heterocycles. The number of aromatic amines is 1. The third-order valence-electron chi connectivity index (χ3n) is 6.43. The molecular formula is C27H31N3O3. The van der Waals surface area contributed by atoms with Gasteiger partial charge in [-0.2, -0.15) is 0 Å². The molecule has 0 aliphatic carbocycles. The van der Waals surface area contributed by atoms with Crippen molar-refractivity contribution in [2.75, 3.05) is 13.7 Å². The number of carbonyl (C=O) groups excluding carboxylic acids is 1. The third-order valence-corrected chi connectivity index (χ3v) is 6.43. The Kier molecular flexibility index (Phi) is 7.23. The fourth-order valence-electron chi connectivity index (χ4n) is 4.59. The SMILES string of the molecule is COc1ccc([C@H]2CCCCCN2C(=O)CCc2c(C)nc(-c3ccccc3)[nH]c2=O)cc1. The van der Waals surface area contributed by atoms with Crippen molar-refractivity contribution in [3.63, 3.8) is 0 Å². The monoisotopic (exact) mass is 445 g/mol. The molecule has 1 aromatic heterocycles. The van der Waals surface area contributed by atoms with Gasteiger partial charge in [0.25, 0.3) is 5.56 Å². The number of ether oxygens (including phenoxy) is 1. The van der Waals surface area contributed by atoms with Gasteiger partial charge in [0.15, 0.2) is 0 Å². The molecule has 0 bridgehead atoms. The van der Waals surface area contributed by atoms with Crippen molar-refractivity contribution in [1.82, 2.24) is 14.9 Å². The molecule has 1 N–H and O–H groups in total. The lowest BCUT2D eigenvalue weighted by Crippen LogP contribution is -2.35. The standard InChI is InChI=1S/C27H31N3O3/c1-19-23(27(32)29-26(28-19)21-9-5-3-6-10-21)16-17-25(31)30-18-8-4-7-11-24(30)20-12-14-22(33-2)15-13-20/h3,5-6,9-10,12-15,24H,4,7-8,11,16-18H2,1-2H3,(H,28,29,32)/t24-/m1/s1. The van der Waals surface area contributed by atoms with Crippen molar-refractivity contribution in [2.24, 2.45) is 0 Å². The van der Waals surface area contributed by atoms with Gasteiger partial charge >= 0.3 is 0 Å². The van der Waals surface area contributed by atoms with Crippen LogP contribution in [0.3, 0.4) is 0 Å². The van der Waals surface area contributed by atoms with Crippen molar-refractivity contribution in [3.8, 4) is 17.1 Å². The van der Waals surface area contributed by atoms with Crippen LogP contribution in [0.5, 0.6) is 5.75 Å². The molecular weight excluding hydrogens is 414 g/mol. The molecule has 1 amide bonds. The van der Waals surface area contributed by atoms with Crippen LogP contribution in [0, 0.1) is 6.92 Å². The smallest absolute Gasteiger partial charge is 0.254 e. The van der Waals surface area contributed by atoms with E-state index in [1.54, 1.807) is 7.11 Å². The molecule has 1 saturated heterocycles. The second-order valence-electron chi connectivity index (χ2n) is 8.57. The maximum atomic E-state index is 13.3. The van der Waals surface area contributed by atoms with E-state index in [9.17, 15) is 9.59 Å². The highest BCUT2D eigenvalue weighted by molar-refractivity contribution is 5.77. The van der Waals surface area contributed by atoms with E-state index in [1.807, 2.05) is 54.3 Å². The number of amides is 1. The predicted molar refractivity (Wildman–Crippen MR) is 129 cm³/mol. The van der Waals surface area contributed by atoms with E-state index in [0.717, 1.165) is 49.1 Å². The van der Waals surface area contributed by atoms with Gasteiger partial charge in [0, 0.05) is 29.8 Å². The largest absolute Gasteiger partial charge is 0.497 e. The van der Waals surface area contributed by atoms with Crippen LogP contribution in [0.4, 0.5) is 0 Å². The van der Waals surface area contributed by atoms with Crippen molar-refractivity contribution < 1.29 is 9.53 Å². The first-order valence-corrected chi connectivity index (χ1v) is 11.7. The highest BCUT2D eigenvalue weighted by Gasteiger charge is 2.27. The first-order valence-electron chi connectivity index (χ1n) is 11.7. The first kappa shape index (κ1) is 22.8. The van der Waals surface area contributed by atoms with Crippen molar-refractivity contribution in [2.45, 2.75) is 51.5 Å². The van der Waals surface area contributed by atoms with Crippen LogP contribution in [-0.2, 0) is 11.2 Å². The van der Waals surface area contributed by atoms with Gasteiger partial charge in [-0.25, -0.2) is 4.98 Å². The third kappa shape index (κ3) is 5.33. The highest BCUT2D eigenvalue weighted by Crippen LogP contribution is 2.31. The quantitative estimate of drug-likeness (QED) is 0.590. The molecule has 1 aliphatic heterocycles. The summed E-state index contributed by atoms with van der Waals surface area (Å²) in [6.07, 6.45) is 4.86. The summed E-state index contributed by atoms with van der Waals surface area (Å²) in [5.74, 6) is 1.45. The summed E-state index contributed by atoms with van der Waals surface area (Å²) >= 11 is 0. The molecule has 0 spiro atoms. The summed E-state index contributed by atoms with van der Waals surface area (Å²) in [5, 5.41) is 0. The van der Waals surface area contributed by atoms with E-state index in [4.69, 9.17) is 4.74 Å². The number of aromatic nitrogens is 2. The van der Waals surface area contributed by atoms with Crippen LogP contribution in [0.15, 0.2) is 59.4 Å². The van der Waals surface area contributed by atoms with Gasteiger partial charge < -0.3 is 14.6 Å². The molecule has 0 radical (unpaired) electrons. The second kappa shape index (κ2) is 10.5. The number of H-pyrrole nitrogens is 1. The Morgan fingerprint density at radius 1 is 1.09 bits per heavy atom. The van der Waals surface area contributed by atoms with Gasteiger partial charge in [-0.05, 0) is 43.9 Å². The predicted octanol–water partition coefficient (Wildman–Crippen LogP) is 4.83. The molecule has 1 atom stereocenters. The van der Waals surface area contributed by atoms with E-state index in [-0.39, 0.29) is 17.5 Å². The minimum atomic E-state index is -0.170. The molecule has 1 aliphatic rings. The number of methoxy groups -OCH3 is 1. The van der Waals surface area contributed by atoms with E-state index in [1.165, 1.54) is 0 Å². The summed E-state index contributed by atoms with van der Waals surface area (Å²) in [4.78, 5) is 35.6. The van der Waals surface area contributed by atoms with Gasteiger partial charge in [-0.1, -0.05) is 55.3 Å². The van der Waals surface area contributed by atoms with Crippen molar-refractivity contribution in [1.29, 1.82) is 0 Å². The molecule has 1 fully saturated rings. The molecule has 4 rings (SSSR count). The van der Waals surface area contributed by atoms with E-state index in [0.29, 0.717) is 29.9 Å². The summed E-state index contributed by atoms with van der Waals surface area (Å²) < 4.78 is 5.28. The molecule has 3 aromatic rings. The first-order chi connectivity index (χ1) is 16.1. The molecule has 0 saturated carbocycles. The Morgan fingerprint density at radius 2 is 1.85 bits per heavy atom. The average Bonchev–Trinajstić information content (AvgIpc) is 3.10. The lowest BCUT2D eigenvalue weighted by atomic mass is 10.00. The summed E-state index contributed by atoms with van der Waals surface area (Å²) in [5.41, 5.74) is 3.09. The van der Waals surface area contributed by atoms with E-state index < -0.39 is 0 Å². The lowest BCUT2D eigenvalue weighted by molar-refractivity contribution is -0.133. The van der Waals surface area contributed by atoms with Crippen LogP contribution in [0.1, 0.15) is 55.0 Å². The van der Waals surface area contributed by atoms with Gasteiger partial charge in [0.1, 0.15) is 11.6 Å². The zero-order chi connectivity index (χ0) is 23.2. The Morgan fingerprint density at radius 3 is 2.55 bits per heavy atom. The van der Waals surface area contributed by atoms with Crippen molar-refractivity contribution in [3.05, 3.63) is 81.8 Å². The summed E-state index contributed by atoms with van der Waals surface area (Å²) in [6.45, 7) is 2.59. The van der Waals surface area contributed by atoms with Gasteiger partial charge in [-0.15, -0.1) is 0 Å². The topological polar surface area (TPSA) is 75.3 Å². The zero-order valence-corrected chi connectivity index (χ0v) is 19.3. The number of benzene rings is 2. The fourth-order valence-corrected chi connectivity index (χ4v) is 4.59. The molecule has 172 valence electrons. The van der Waals surface area contributed by atoms with E-state index >= 15 is 0 Å². The number of aryl methyl sites for hydroxylation is 1.